The molecule has 3 fully saturated rings. The molecule has 0 amide bonds. The van der Waals surface area contributed by atoms with E-state index in [0.717, 1.165) is 32.1 Å². The number of rotatable bonds is 10. The summed E-state index contributed by atoms with van der Waals surface area (Å²) in [5.74, 6) is -0.519. The number of carboxylic acids is 1. The maximum absolute atomic E-state index is 11.6. The Morgan fingerprint density at radius 1 is 1.06 bits per heavy atom. The van der Waals surface area contributed by atoms with Crippen LogP contribution in [0.15, 0.2) is 0 Å². The Labute approximate surface area is 208 Å². The molecule has 3 rings (SSSR count). The first kappa shape index (κ1) is 28.1. The molecule has 2 saturated carbocycles. The van der Waals surface area contributed by atoms with Gasteiger partial charge in [0.25, 0.3) is 0 Å². The molecule has 7 heteroatoms. The zero-order valence-electron chi connectivity index (χ0n) is 22.3. The number of carbonyl (C=O) groups is 1. The first-order chi connectivity index (χ1) is 16.0. The molecule has 1 aliphatic heterocycles. The largest absolute Gasteiger partial charge is 0.481 e. The highest BCUT2D eigenvalue weighted by molar-refractivity contribution is 6.74. The minimum atomic E-state index is -1.93. The Morgan fingerprint density at radius 2 is 1.74 bits per heavy atom. The van der Waals surface area contributed by atoms with Crippen LogP contribution in [0, 0.1) is 17.8 Å². The lowest BCUT2D eigenvalue weighted by Gasteiger charge is -2.43. The van der Waals surface area contributed by atoms with Gasteiger partial charge >= 0.3 is 5.97 Å². The van der Waals surface area contributed by atoms with Crippen LogP contribution in [0.1, 0.15) is 97.8 Å². The Morgan fingerprint density at radius 3 is 2.32 bits per heavy atom. The van der Waals surface area contributed by atoms with E-state index in [9.17, 15) is 15.0 Å². The summed E-state index contributed by atoms with van der Waals surface area (Å²) < 4.78 is 19.2. The zero-order valence-corrected chi connectivity index (χ0v) is 23.3. The van der Waals surface area contributed by atoms with Gasteiger partial charge in [0, 0.05) is 25.0 Å². The van der Waals surface area contributed by atoms with Crippen molar-refractivity contribution in [3.05, 3.63) is 0 Å². The van der Waals surface area contributed by atoms with Gasteiger partial charge in [0.1, 0.15) is 0 Å². The van der Waals surface area contributed by atoms with Crippen LogP contribution in [0.4, 0.5) is 0 Å². The first-order valence-corrected chi connectivity index (χ1v) is 16.7. The number of hydrogen-bond donors (Lipinski definition) is 2. The Bertz CT molecular complexity index is 636. The van der Waals surface area contributed by atoms with E-state index in [-0.39, 0.29) is 41.8 Å². The van der Waals surface area contributed by atoms with Crippen LogP contribution in [0.5, 0.6) is 0 Å². The Hall–Kier alpha value is -0.473. The number of aliphatic hydroxyl groups excluding tert-OH is 1. The van der Waals surface area contributed by atoms with Gasteiger partial charge in [0.15, 0.2) is 14.6 Å². The van der Waals surface area contributed by atoms with Crippen LogP contribution in [0.2, 0.25) is 18.1 Å². The average Bonchev–Trinajstić information content (AvgIpc) is 3.05. The lowest BCUT2D eigenvalue weighted by Crippen LogP contribution is -2.46. The molecule has 34 heavy (non-hydrogen) atoms. The van der Waals surface area contributed by atoms with Gasteiger partial charge in [-0.15, -0.1) is 0 Å². The predicted octanol–water partition coefficient (Wildman–Crippen LogP) is 6.12. The highest BCUT2D eigenvalue weighted by Crippen LogP contribution is 2.44. The van der Waals surface area contributed by atoms with Crippen molar-refractivity contribution in [2.75, 3.05) is 6.61 Å². The third-order valence-electron chi connectivity index (χ3n) is 9.08. The van der Waals surface area contributed by atoms with Gasteiger partial charge < -0.3 is 24.1 Å². The molecule has 2 N–H and O–H groups in total. The van der Waals surface area contributed by atoms with Crippen LogP contribution >= 0.6 is 0 Å². The molecular formula is C27H50O6Si. The van der Waals surface area contributed by atoms with Crippen molar-refractivity contribution in [3.63, 3.8) is 0 Å². The van der Waals surface area contributed by atoms with Gasteiger partial charge in [-0.2, -0.15) is 0 Å². The summed E-state index contributed by atoms with van der Waals surface area (Å²) in [6.07, 6.45) is 10.8. The van der Waals surface area contributed by atoms with Crippen molar-refractivity contribution >= 4 is 14.3 Å². The van der Waals surface area contributed by atoms with E-state index >= 15 is 0 Å². The van der Waals surface area contributed by atoms with Crippen LogP contribution in [-0.2, 0) is 18.7 Å². The Kier molecular flexibility index (Phi) is 10.1. The summed E-state index contributed by atoms with van der Waals surface area (Å²) in [7, 11) is -1.93. The fraction of sp³-hybridized carbons (Fsp3) is 0.963. The highest BCUT2D eigenvalue weighted by atomic mass is 28.4. The summed E-state index contributed by atoms with van der Waals surface area (Å²) >= 11 is 0. The van der Waals surface area contributed by atoms with E-state index in [1.165, 1.54) is 32.1 Å². The van der Waals surface area contributed by atoms with Crippen LogP contribution in [0.25, 0.3) is 0 Å². The monoisotopic (exact) mass is 498 g/mol. The van der Waals surface area contributed by atoms with E-state index < -0.39 is 20.4 Å². The van der Waals surface area contributed by atoms with Crippen LogP contribution < -0.4 is 0 Å². The second-order valence-corrected chi connectivity index (χ2v) is 17.3. The number of carboxylic acid groups (broad SMARTS) is 1. The smallest absolute Gasteiger partial charge is 0.303 e. The van der Waals surface area contributed by atoms with Crippen molar-refractivity contribution in [2.45, 2.75) is 141 Å². The molecule has 0 aromatic heterocycles. The van der Waals surface area contributed by atoms with Gasteiger partial charge in [-0.05, 0) is 74.9 Å². The predicted molar refractivity (Wildman–Crippen MR) is 136 cm³/mol. The van der Waals surface area contributed by atoms with E-state index in [0.29, 0.717) is 18.9 Å². The molecule has 2 aliphatic carbocycles. The fourth-order valence-electron chi connectivity index (χ4n) is 6.02. The fourth-order valence-corrected chi connectivity index (χ4v) is 7.44. The minimum absolute atomic E-state index is 0.00555. The molecule has 0 spiro atoms. The van der Waals surface area contributed by atoms with E-state index in [4.69, 9.17) is 13.9 Å². The van der Waals surface area contributed by atoms with Gasteiger partial charge in [0.2, 0.25) is 0 Å². The van der Waals surface area contributed by atoms with Crippen LogP contribution in [0.3, 0.4) is 0 Å². The minimum Gasteiger partial charge on any atom is -0.481 e. The number of aliphatic carboxylic acids is 1. The molecule has 1 heterocycles. The topological polar surface area (TPSA) is 85.2 Å². The quantitative estimate of drug-likeness (QED) is 0.353. The third-order valence-corrected chi connectivity index (χ3v) is 13.6. The SMILES string of the molecule is CC(C)(C)[Si](C)(C)O[C@@H](CC[C@H]1[C@@H](CC(=O)O)[C@@H](O)C[C@H]1OC1CCCCO1)C1CCCCC1. The third kappa shape index (κ3) is 7.51. The second kappa shape index (κ2) is 12.2. The van der Waals surface area contributed by atoms with Crippen molar-refractivity contribution < 1.29 is 28.9 Å². The summed E-state index contributed by atoms with van der Waals surface area (Å²) in [5.41, 5.74) is 0. The lowest BCUT2D eigenvalue weighted by atomic mass is 9.80. The first-order valence-electron chi connectivity index (χ1n) is 13.8. The number of hydrogen-bond acceptors (Lipinski definition) is 5. The maximum atomic E-state index is 11.6. The van der Waals surface area contributed by atoms with Crippen molar-refractivity contribution in [1.82, 2.24) is 0 Å². The highest BCUT2D eigenvalue weighted by Gasteiger charge is 2.46. The molecule has 0 bridgehead atoms. The molecule has 1 unspecified atom stereocenters. The normalized spacial score (nSPS) is 32.6. The molecular weight excluding hydrogens is 448 g/mol. The standard InChI is InChI=1S/C27H50O6Si/c1-27(2,3)34(4,5)33-23(19-11-7-6-8-12-19)15-14-20-21(17-25(29)30)22(28)18-24(20)32-26-13-9-10-16-31-26/h19-24,26,28H,6-18H2,1-5H3,(H,29,30)/t20-,21+,22-,23-,24+,26?/m0/s1. The van der Waals surface area contributed by atoms with Crippen molar-refractivity contribution in [1.29, 1.82) is 0 Å². The van der Waals surface area contributed by atoms with Crippen molar-refractivity contribution in [3.8, 4) is 0 Å². The Balaban J connectivity index is 1.74. The molecule has 0 radical (unpaired) electrons. The summed E-state index contributed by atoms with van der Waals surface area (Å²) in [6, 6.07) is 0. The van der Waals surface area contributed by atoms with E-state index in [1.807, 2.05) is 0 Å². The summed E-state index contributed by atoms with van der Waals surface area (Å²) in [5, 5.41) is 20.5. The van der Waals surface area contributed by atoms with Gasteiger partial charge in [0.05, 0.1) is 18.6 Å². The van der Waals surface area contributed by atoms with Crippen LogP contribution in [-0.4, -0.2) is 55.7 Å². The van der Waals surface area contributed by atoms with E-state index in [1.54, 1.807) is 0 Å². The molecule has 1 saturated heterocycles. The van der Waals surface area contributed by atoms with Crippen molar-refractivity contribution in [2.24, 2.45) is 17.8 Å². The molecule has 0 aromatic carbocycles. The number of aliphatic hydroxyl groups is 1. The van der Waals surface area contributed by atoms with Gasteiger partial charge in [-0.1, -0.05) is 40.0 Å². The second-order valence-electron chi connectivity index (χ2n) is 12.6. The average molecular weight is 499 g/mol. The molecule has 0 aromatic rings. The molecule has 6 atom stereocenters. The molecule has 3 aliphatic rings. The summed E-state index contributed by atoms with van der Waals surface area (Å²) in [6.45, 7) is 12.3. The molecule has 198 valence electrons. The van der Waals surface area contributed by atoms with Gasteiger partial charge in [-0.25, -0.2) is 0 Å². The summed E-state index contributed by atoms with van der Waals surface area (Å²) in [4.78, 5) is 11.6. The lowest BCUT2D eigenvalue weighted by molar-refractivity contribution is -0.197. The maximum Gasteiger partial charge on any atom is 0.303 e. The van der Waals surface area contributed by atoms with E-state index in [2.05, 4.69) is 33.9 Å². The van der Waals surface area contributed by atoms with Gasteiger partial charge in [-0.3, -0.25) is 4.79 Å². The molecule has 6 nitrogen and oxygen atoms in total. The number of ether oxygens (including phenoxy) is 2. The zero-order chi connectivity index (χ0) is 24.9.